The van der Waals surface area contributed by atoms with Crippen LogP contribution in [0.25, 0.3) is 10.9 Å². The van der Waals surface area contributed by atoms with Gasteiger partial charge in [0, 0.05) is 23.3 Å². The van der Waals surface area contributed by atoms with Crippen LogP contribution < -0.4 is 5.32 Å². The average molecular weight is 350 g/mol. The zero-order valence-corrected chi connectivity index (χ0v) is 13.8. The highest BCUT2D eigenvalue weighted by atomic mass is 79.9. The first kappa shape index (κ1) is 14.6. The van der Waals surface area contributed by atoms with Gasteiger partial charge in [0.2, 0.25) is 0 Å². The molecule has 5 heteroatoms. The lowest BCUT2D eigenvalue weighted by molar-refractivity contribution is 0.0930. The van der Waals surface area contributed by atoms with Crippen molar-refractivity contribution in [3.05, 3.63) is 30.0 Å². The van der Waals surface area contributed by atoms with Crippen LogP contribution in [-0.4, -0.2) is 26.6 Å². The third-order valence-corrected chi connectivity index (χ3v) is 5.32. The summed E-state index contributed by atoms with van der Waals surface area (Å²) in [4.78, 5) is 13.0. The molecule has 1 amide bonds. The number of halogens is 1. The van der Waals surface area contributed by atoms with Crippen LogP contribution in [0.2, 0.25) is 0 Å². The number of fused-ring (bicyclic) bond motifs is 1. The fraction of sp³-hybridized carbons (Fsp3) is 0.500. The Labute approximate surface area is 133 Å². The normalized spacial score (nSPS) is 23.0. The van der Waals surface area contributed by atoms with Crippen molar-refractivity contribution in [1.82, 2.24) is 15.1 Å². The standard InChI is InChI=1S/C16H20BrN3O/c1-20-14-10-6-5-7-11(14)15(19-20)16(21)18-13-9-4-2-3-8-12(13)17/h5-7,10,12-13H,2-4,8-9H2,1H3,(H,18,21). The molecule has 0 radical (unpaired) electrons. The Kier molecular flexibility index (Phi) is 4.29. The second kappa shape index (κ2) is 6.18. The van der Waals surface area contributed by atoms with Crippen molar-refractivity contribution in [1.29, 1.82) is 0 Å². The molecule has 2 unspecified atom stereocenters. The van der Waals surface area contributed by atoms with Crippen LogP contribution in [0.4, 0.5) is 0 Å². The van der Waals surface area contributed by atoms with Gasteiger partial charge in [-0.25, -0.2) is 0 Å². The molecular formula is C16H20BrN3O. The summed E-state index contributed by atoms with van der Waals surface area (Å²) in [6.45, 7) is 0. The first-order chi connectivity index (χ1) is 10.2. The Morgan fingerprint density at radius 1 is 1.29 bits per heavy atom. The molecule has 0 bridgehead atoms. The van der Waals surface area contributed by atoms with Crippen molar-refractivity contribution in [2.75, 3.05) is 0 Å². The summed E-state index contributed by atoms with van der Waals surface area (Å²) in [5.74, 6) is -0.0665. The van der Waals surface area contributed by atoms with Gasteiger partial charge in [0.15, 0.2) is 5.69 Å². The first-order valence-electron chi connectivity index (χ1n) is 7.53. The largest absolute Gasteiger partial charge is 0.347 e. The number of aromatic nitrogens is 2. The van der Waals surface area contributed by atoms with Crippen molar-refractivity contribution in [3.8, 4) is 0 Å². The number of hydrogen-bond donors (Lipinski definition) is 1. The number of aryl methyl sites for hydroxylation is 1. The maximum Gasteiger partial charge on any atom is 0.272 e. The number of alkyl halides is 1. The molecule has 4 nitrogen and oxygen atoms in total. The van der Waals surface area contributed by atoms with Crippen LogP contribution in [0.5, 0.6) is 0 Å². The van der Waals surface area contributed by atoms with Gasteiger partial charge in [0.05, 0.1) is 5.52 Å². The highest BCUT2D eigenvalue weighted by Gasteiger charge is 2.25. The lowest BCUT2D eigenvalue weighted by Crippen LogP contribution is -2.40. The molecule has 3 rings (SSSR count). The van der Waals surface area contributed by atoms with Crippen LogP contribution in [-0.2, 0) is 7.05 Å². The topological polar surface area (TPSA) is 46.9 Å². The van der Waals surface area contributed by atoms with Gasteiger partial charge in [-0.05, 0) is 18.9 Å². The van der Waals surface area contributed by atoms with E-state index in [2.05, 4.69) is 26.3 Å². The van der Waals surface area contributed by atoms with E-state index in [-0.39, 0.29) is 11.9 Å². The second-order valence-electron chi connectivity index (χ2n) is 5.72. The molecule has 2 aromatic rings. The van der Waals surface area contributed by atoms with E-state index in [9.17, 15) is 4.79 Å². The van der Waals surface area contributed by atoms with Crippen LogP contribution >= 0.6 is 15.9 Å². The number of carbonyl (C=O) groups excluding carboxylic acids is 1. The summed E-state index contributed by atoms with van der Waals surface area (Å²) in [6.07, 6.45) is 5.81. The summed E-state index contributed by atoms with van der Waals surface area (Å²) in [5.41, 5.74) is 1.51. The molecule has 1 fully saturated rings. The highest BCUT2D eigenvalue weighted by Crippen LogP contribution is 2.24. The van der Waals surface area contributed by atoms with Crippen molar-refractivity contribution in [3.63, 3.8) is 0 Å². The van der Waals surface area contributed by atoms with Gasteiger partial charge in [0.25, 0.3) is 5.91 Å². The molecule has 112 valence electrons. The van der Waals surface area contributed by atoms with E-state index >= 15 is 0 Å². The van der Waals surface area contributed by atoms with Crippen molar-refractivity contribution in [2.24, 2.45) is 7.05 Å². The SMILES string of the molecule is Cn1nc(C(=O)NC2CCCCCC2Br)c2ccccc21. The van der Waals surface area contributed by atoms with Crippen molar-refractivity contribution in [2.45, 2.75) is 43.0 Å². The summed E-state index contributed by atoms with van der Waals surface area (Å²) < 4.78 is 1.77. The van der Waals surface area contributed by atoms with Gasteiger partial charge in [-0.3, -0.25) is 9.48 Å². The molecule has 2 atom stereocenters. The number of para-hydroxylation sites is 1. The van der Waals surface area contributed by atoms with Crippen LogP contribution in [0.1, 0.15) is 42.6 Å². The van der Waals surface area contributed by atoms with E-state index in [0.29, 0.717) is 10.5 Å². The van der Waals surface area contributed by atoms with Crippen molar-refractivity contribution >= 4 is 32.7 Å². The summed E-state index contributed by atoms with van der Waals surface area (Å²) in [6, 6.07) is 8.04. The Bertz CT molecular complexity index is 652. The smallest absolute Gasteiger partial charge is 0.272 e. The molecule has 21 heavy (non-hydrogen) atoms. The number of hydrogen-bond acceptors (Lipinski definition) is 2. The Hall–Kier alpha value is -1.36. The number of benzene rings is 1. The Morgan fingerprint density at radius 3 is 2.90 bits per heavy atom. The highest BCUT2D eigenvalue weighted by molar-refractivity contribution is 9.09. The Morgan fingerprint density at radius 2 is 2.05 bits per heavy atom. The molecule has 0 saturated heterocycles. The zero-order chi connectivity index (χ0) is 14.8. The van der Waals surface area contributed by atoms with Crippen molar-refractivity contribution < 1.29 is 4.79 Å². The predicted molar refractivity (Wildman–Crippen MR) is 87.8 cm³/mol. The van der Waals surface area contributed by atoms with E-state index < -0.39 is 0 Å². The van der Waals surface area contributed by atoms with E-state index in [1.807, 2.05) is 31.3 Å². The molecule has 0 spiro atoms. The van der Waals surface area contributed by atoms with Gasteiger partial charge < -0.3 is 5.32 Å². The maximum atomic E-state index is 12.6. The minimum Gasteiger partial charge on any atom is -0.347 e. The van der Waals surface area contributed by atoms with Crippen LogP contribution in [0.15, 0.2) is 24.3 Å². The van der Waals surface area contributed by atoms with Crippen LogP contribution in [0.3, 0.4) is 0 Å². The molecule has 1 N–H and O–H groups in total. The number of nitrogens with one attached hydrogen (secondary N) is 1. The lowest BCUT2D eigenvalue weighted by atomic mass is 10.1. The van der Waals surface area contributed by atoms with Gasteiger partial charge in [0.1, 0.15) is 0 Å². The molecule has 1 aromatic heterocycles. The quantitative estimate of drug-likeness (QED) is 0.667. The Balaban J connectivity index is 1.83. The fourth-order valence-electron chi connectivity index (χ4n) is 3.04. The van der Waals surface area contributed by atoms with E-state index in [1.54, 1.807) is 4.68 Å². The number of carbonyl (C=O) groups is 1. The maximum absolute atomic E-state index is 12.6. The summed E-state index contributed by atoms with van der Waals surface area (Å²) >= 11 is 3.72. The van der Waals surface area contributed by atoms with E-state index in [0.717, 1.165) is 23.7 Å². The third kappa shape index (κ3) is 2.98. The lowest BCUT2D eigenvalue weighted by Gasteiger charge is -2.20. The molecular weight excluding hydrogens is 330 g/mol. The van der Waals surface area contributed by atoms with Gasteiger partial charge >= 0.3 is 0 Å². The zero-order valence-electron chi connectivity index (χ0n) is 12.2. The molecule has 1 aliphatic rings. The molecule has 1 aliphatic carbocycles. The molecule has 1 saturated carbocycles. The number of rotatable bonds is 2. The van der Waals surface area contributed by atoms with E-state index in [4.69, 9.17) is 0 Å². The molecule has 1 heterocycles. The molecule has 1 aromatic carbocycles. The van der Waals surface area contributed by atoms with Crippen LogP contribution in [0, 0.1) is 0 Å². The summed E-state index contributed by atoms with van der Waals surface area (Å²) in [7, 11) is 1.87. The van der Waals surface area contributed by atoms with Gasteiger partial charge in [-0.2, -0.15) is 5.10 Å². The second-order valence-corrected chi connectivity index (χ2v) is 6.90. The van der Waals surface area contributed by atoms with Gasteiger partial charge in [-0.1, -0.05) is 53.4 Å². The minimum absolute atomic E-state index is 0.0665. The summed E-state index contributed by atoms with van der Waals surface area (Å²) in [5, 5.41) is 8.48. The molecule has 0 aliphatic heterocycles. The monoisotopic (exact) mass is 349 g/mol. The van der Waals surface area contributed by atoms with Gasteiger partial charge in [-0.15, -0.1) is 0 Å². The average Bonchev–Trinajstić information content (AvgIpc) is 2.69. The minimum atomic E-state index is -0.0665. The first-order valence-corrected chi connectivity index (χ1v) is 8.45. The fourth-order valence-corrected chi connectivity index (χ4v) is 3.76. The van der Waals surface area contributed by atoms with E-state index in [1.165, 1.54) is 19.3 Å². The number of nitrogens with zero attached hydrogens (tertiary/aromatic N) is 2. The third-order valence-electron chi connectivity index (χ3n) is 4.22. The predicted octanol–water partition coefficient (Wildman–Crippen LogP) is 3.40. The number of amides is 1.